The molecule has 23 heteroatoms. The Hall–Kier alpha value is 1.14. The molecule has 0 amide bonds. The van der Waals surface area contributed by atoms with Crippen LogP contribution in [0.2, 0.25) is 46.8 Å². The van der Waals surface area contributed by atoms with Gasteiger partial charge in [-0.25, -0.2) is 0 Å². The van der Waals surface area contributed by atoms with Gasteiger partial charge in [-0.3, -0.25) is 0 Å². The van der Waals surface area contributed by atoms with E-state index in [0.29, 0.717) is 57.2 Å². The molecule has 6 fully saturated rings. The third kappa shape index (κ3) is 7.57. The molecule has 0 aromatic carbocycles. The highest BCUT2D eigenvalue weighted by Gasteiger charge is 2.84. The minimum absolute atomic E-state index is 0.257. The first-order valence-electron chi connectivity index (χ1n) is 17.3. The first-order chi connectivity index (χ1) is 22.4. The summed E-state index contributed by atoms with van der Waals surface area (Å²) in [5, 5.41) is 0. The molecule has 48 heavy (non-hydrogen) atoms. The van der Waals surface area contributed by atoms with Gasteiger partial charge in [0, 0.05) is 88.0 Å². The van der Waals surface area contributed by atoms with Crippen molar-refractivity contribution >= 4 is 70.4 Å². The Morgan fingerprint density at radius 1 is 0.375 bits per heavy atom. The predicted octanol–water partition coefficient (Wildman–Crippen LogP) is 5.14. The van der Waals surface area contributed by atoms with E-state index in [4.69, 9.17) is 63.6 Å². The van der Waals surface area contributed by atoms with Gasteiger partial charge < -0.3 is 63.6 Å². The highest BCUT2D eigenvalue weighted by atomic mass is 28.6. The molecule has 0 N–H and O–H groups in total. The van der Waals surface area contributed by atoms with Crippen LogP contribution in [0.5, 0.6) is 0 Å². The third-order valence-electron chi connectivity index (χ3n) is 8.99. The Morgan fingerprint density at radius 2 is 0.646 bits per heavy atom. The van der Waals surface area contributed by atoms with E-state index in [0.717, 1.165) is 0 Å². The van der Waals surface area contributed by atoms with Crippen LogP contribution in [-0.4, -0.2) is 112 Å². The molecule has 6 aliphatic rings. The first kappa shape index (κ1) is 40.3. The van der Waals surface area contributed by atoms with Crippen LogP contribution in [0.15, 0.2) is 0 Å². The topological polar surface area (TPSA) is 138 Å². The molecule has 0 spiro atoms. The average Bonchev–Trinajstić information content (AvgIpc) is 2.92. The Kier molecular flexibility index (Phi) is 12.4. The van der Waals surface area contributed by atoms with Crippen LogP contribution in [0.3, 0.4) is 0 Å². The van der Waals surface area contributed by atoms with Crippen molar-refractivity contribution in [3.63, 3.8) is 0 Å². The van der Waals surface area contributed by atoms with Gasteiger partial charge in [0.2, 0.25) is 0 Å². The summed E-state index contributed by atoms with van der Waals surface area (Å²) in [6.07, 6.45) is 1.76. The minimum atomic E-state index is -3.92. The van der Waals surface area contributed by atoms with Crippen molar-refractivity contribution in [3.8, 4) is 0 Å². The van der Waals surface area contributed by atoms with Crippen molar-refractivity contribution in [2.24, 2.45) is 0 Å². The highest BCUT2D eigenvalue weighted by molar-refractivity contribution is 7.03. The molecule has 8 bridgehead atoms. The van der Waals surface area contributed by atoms with Crippen LogP contribution < -0.4 is 0 Å². The summed E-state index contributed by atoms with van der Waals surface area (Å²) < 4.78 is 106. The summed E-state index contributed by atoms with van der Waals surface area (Å²) in [5.41, 5.74) is -1.05. The Bertz CT molecular complexity index is 1070. The Labute approximate surface area is 295 Å². The van der Waals surface area contributed by atoms with Crippen LogP contribution in [0.4, 0.5) is 0 Å². The lowest BCUT2D eigenvalue weighted by Gasteiger charge is -2.64. The lowest BCUT2D eigenvalue weighted by atomic mass is 10.5. The zero-order chi connectivity index (χ0) is 35.3. The first-order valence-corrected chi connectivity index (χ1v) is 32.6. The molecular formula is C25H58O15Si8. The Morgan fingerprint density at radius 3 is 0.917 bits per heavy atom. The highest BCUT2D eigenvalue weighted by Crippen LogP contribution is 2.56. The van der Waals surface area contributed by atoms with E-state index in [1.165, 1.54) is 0 Å². The molecule has 0 saturated carbocycles. The normalized spacial score (nSPS) is 44.0. The number of ether oxygens (including phenoxy) is 3. The van der Waals surface area contributed by atoms with Crippen LogP contribution in [0.1, 0.15) is 74.7 Å². The van der Waals surface area contributed by atoms with E-state index in [1.54, 1.807) is 21.3 Å². The third-order valence-corrected chi connectivity index (χ3v) is 46.8. The van der Waals surface area contributed by atoms with Gasteiger partial charge in [-0.15, -0.1) is 0 Å². The zero-order valence-corrected chi connectivity index (χ0v) is 38.8. The fourth-order valence-corrected chi connectivity index (χ4v) is 58.0. The van der Waals surface area contributed by atoms with Gasteiger partial charge in [0.25, 0.3) is 0 Å². The van der Waals surface area contributed by atoms with E-state index in [-0.39, 0.29) is 22.2 Å². The van der Waals surface area contributed by atoms with Gasteiger partial charge in [-0.05, 0) is 19.3 Å². The van der Waals surface area contributed by atoms with Gasteiger partial charge in [-0.2, -0.15) is 0 Å². The van der Waals surface area contributed by atoms with Crippen LogP contribution in [-0.2, 0) is 63.6 Å². The molecule has 0 aliphatic carbocycles. The van der Waals surface area contributed by atoms with E-state index < -0.39 is 70.4 Å². The fraction of sp³-hybridized carbons (Fsp3) is 1.00. The van der Waals surface area contributed by atoms with Gasteiger partial charge in [0.1, 0.15) is 0 Å². The van der Waals surface area contributed by atoms with Crippen molar-refractivity contribution in [1.82, 2.24) is 0 Å². The van der Waals surface area contributed by atoms with Crippen molar-refractivity contribution in [2.75, 3.05) is 41.2 Å². The quantitative estimate of drug-likeness (QED) is 0.150. The van der Waals surface area contributed by atoms with E-state index >= 15 is 0 Å². The van der Waals surface area contributed by atoms with Gasteiger partial charge in [0.05, 0.1) is 0 Å². The second-order valence-corrected chi connectivity index (χ2v) is 41.0. The summed E-state index contributed by atoms with van der Waals surface area (Å²) in [4.78, 5) is 0. The van der Waals surface area contributed by atoms with Crippen LogP contribution in [0, 0.1) is 0 Å². The maximum Gasteiger partial charge on any atom is 0.481 e. The fourth-order valence-electron chi connectivity index (χ4n) is 6.41. The van der Waals surface area contributed by atoms with Crippen molar-refractivity contribution in [2.45, 2.75) is 121 Å². The maximum atomic E-state index is 7.50. The molecular weight excluding hydrogens is 765 g/mol. The van der Waals surface area contributed by atoms with Gasteiger partial charge in [0.15, 0.2) is 0 Å². The molecule has 6 saturated heterocycles. The molecule has 6 rings (SSSR count). The van der Waals surface area contributed by atoms with E-state index in [1.807, 2.05) is 61.9 Å². The molecule has 0 radical (unpaired) electrons. The second-order valence-electron chi connectivity index (χ2n) is 14.5. The molecule has 4 atom stereocenters. The van der Waals surface area contributed by atoms with E-state index in [9.17, 15) is 0 Å². The van der Waals surface area contributed by atoms with Crippen LogP contribution >= 0.6 is 0 Å². The molecule has 4 unspecified atom stereocenters. The molecule has 15 nitrogen and oxygen atoms in total. The number of rotatable bonds is 16. The molecule has 0 aromatic heterocycles. The zero-order valence-electron chi connectivity index (χ0n) is 30.8. The van der Waals surface area contributed by atoms with Gasteiger partial charge >= 0.3 is 70.4 Å². The number of hydrogen-bond donors (Lipinski definition) is 0. The van der Waals surface area contributed by atoms with Gasteiger partial charge in [-0.1, -0.05) is 55.4 Å². The summed E-state index contributed by atoms with van der Waals surface area (Å²) >= 11 is 0. The lowest BCUT2D eigenvalue weighted by molar-refractivity contribution is -0.0367. The number of methoxy groups -OCH3 is 3. The van der Waals surface area contributed by atoms with Crippen LogP contribution in [0.25, 0.3) is 0 Å². The lowest BCUT2D eigenvalue weighted by Crippen LogP contribution is -2.89. The average molecular weight is 823 g/mol. The maximum absolute atomic E-state index is 7.50. The molecule has 0 aromatic rings. The summed E-state index contributed by atoms with van der Waals surface area (Å²) in [6, 6.07) is 1.16. The molecule has 6 aliphatic heterocycles. The summed E-state index contributed by atoms with van der Waals surface area (Å²) in [5.74, 6) is 0. The largest absolute Gasteiger partial charge is 0.481 e. The minimum Gasteiger partial charge on any atom is -0.385 e. The van der Waals surface area contributed by atoms with Crippen molar-refractivity contribution in [1.29, 1.82) is 0 Å². The summed E-state index contributed by atoms with van der Waals surface area (Å²) in [6.45, 7) is 19.5. The second kappa shape index (κ2) is 14.8. The smallest absolute Gasteiger partial charge is 0.385 e. The van der Waals surface area contributed by atoms with Crippen molar-refractivity contribution in [3.05, 3.63) is 0 Å². The monoisotopic (exact) mass is 822 g/mol. The Balaban J connectivity index is 1.87. The molecule has 6 heterocycles. The van der Waals surface area contributed by atoms with Crippen molar-refractivity contribution < 1.29 is 63.6 Å². The standard InChI is InChI=1S/C25H58O15Si8/c1-22(2)45-30-41(12)29-42(19-13-16-26-9)33-47(39-45,24(5)6)37-44(21-15-18-28-11)32-43(35-45,20-14-17-27-10)36-46(31-41,23(3)4)40-48(34-42,38-44)25(7)8/h22-25H,13-21H2,1-12H3. The SMILES string of the molecule is COCCC[Si]12O[Si]3(CCCOC)O[Si]4(C(C)C)O[Si]5(CCCOC)O[Si](C)(O[Si](C(C)C)(O1)O4)O[Si](C(C)C)(O2)O[Si](C(C)C)(O5)O3. The molecule has 280 valence electrons. The predicted molar refractivity (Wildman–Crippen MR) is 189 cm³/mol. The number of hydrogen-bond acceptors (Lipinski definition) is 15. The van der Waals surface area contributed by atoms with E-state index in [2.05, 4.69) is 0 Å². The summed E-state index contributed by atoms with van der Waals surface area (Å²) in [7, 11) is -26.0.